The highest BCUT2D eigenvalue weighted by molar-refractivity contribution is 7.26. The summed E-state index contributed by atoms with van der Waals surface area (Å²) < 4.78 is 19.5. The van der Waals surface area contributed by atoms with Gasteiger partial charge in [0.2, 0.25) is 0 Å². The van der Waals surface area contributed by atoms with Crippen LogP contribution in [-0.4, -0.2) is 9.97 Å². The molecule has 0 amide bonds. The Morgan fingerprint density at radius 3 is 2.33 bits per heavy atom. The first kappa shape index (κ1) is 25.8. The average Bonchev–Trinajstić information content (AvgIpc) is 3.44. The lowest BCUT2D eigenvalue weighted by Crippen LogP contribution is -2.31. The van der Waals surface area contributed by atoms with Crippen molar-refractivity contribution in [1.82, 2.24) is 9.97 Å². The van der Waals surface area contributed by atoms with E-state index in [-0.39, 0.29) is 5.41 Å². The van der Waals surface area contributed by atoms with Gasteiger partial charge in [0.15, 0.2) is 6.17 Å². The van der Waals surface area contributed by atoms with E-state index in [0.717, 1.165) is 48.6 Å². The first-order chi connectivity index (χ1) is 21.0. The van der Waals surface area contributed by atoms with Crippen molar-refractivity contribution in [3.05, 3.63) is 150 Å². The molecule has 7 aromatic rings. The number of fused-ring (bicyclic) bond motifs is 6. The monoisotopic (exact) mass is 577 g/mol. The molecule has 1 atom stereocenters. The minimum absolute atomic E-state index is 0.320. The highest BCUT2D eigenvalue weighted by atomic mass is 32.1. The smallest absolute Gasteiger partial charge is 0.151 e. The summed E-state index contributed by atoms with van der Waals surface area (Å²) in [6.45, 7) is 4.57. The molecule has 0 radical (unpaired) electrons. The van der Waals surface area contributed by atoms with E-state index in [1.165, 1.54) is 11.1 Å². The number of alkyl halides is 1. The number of nitrogens with zero attached hydrogens (tertiary/aromatic N) is 3. The molecule has 1 aliphatic heterocycles. The summed E-state index contributed by atoms with van der Waals surface area (Å²) in [5.74, 6) is 0.811. The molecular weight excluding hydrogens is 550 g/mol. The lowest BCUT2D eigenvalue weighted by atomic mass is 9.72. The summed E-state index contributed by atoms with van der Waals surface area (Å²) in [6, 6.07) is 38.5. The van der Waals surface area contributed by atoms with Gasteiger partial charge in [-0.05, 0) is 59.7 Å². The normalized spacial score (nSPS) is 14.4. The number of anilines is 3. The largest absolute Gasteiger partial charge is 0.294 e. The van der Waals surface area contributed by atoms with Crippen LogP contribution in [0.1, 0.15) is 42.3 Å². The van der Waals surface area contributed by atoms with Gasteiger partial charge in [-0.3, -0.25) is 9.88 Å². The average molecular weight is 578 g/mol. The fraction of sp³-hybridized carbons (Fsp3) is 0.105. The third kappa shape index (κ3) is 3.99. The van der Waals surface area contributed by atoms with E-state index in [4.69, 9.17) is 4.98 Å². The molecular formula is C38H28FN3S. The number of hydrogen-bond donors (Lipinski definition) is 0. The van der Waals surface area contributed by atoms with Crippen LogP contribution in [0, 0.1) is 0 Å². The number of thiophene rings is 1. The van der Waals surface area contributed by atoms with Crippen molar-refractivity contribution in [3.8, 4) is 11.3 Å². The van der Waals surface area contributed by atoms with Crippen molar-refractivity contribution in [2.75, 3.05) is 4.90 Å². The van der Waals surface area contributed by atoms with Crippen LogP contribution >= 0.6 is 11.3 Å². The number of halogens is 1. The molecule has 3 aromatic heterocycles. The van der Waals surface area contributed by atoms with Gasteiger partial charge in [0.25, 0.3) is 0 Å². The first-order valence-corrected chi connectivity index (χ1v) is 15.3. The Bertz CT molecular complexity index is 2140. The fourth-order valence-corrected chi connectivity index (χ4v) is 8.10. The van der Waals surface area contributed by atoms with Gasteiger partial charge < -0.3 is 0 Å². The first-order valence-electron chi connectivity index (χ1n) is 14.5. The Labute approximate surface area is 253 Å². The van der Waals surface area contributed by atoms with E-state index in [1.807, 2.05) is 72.9 Å². The van der Waals surface area contributed by atoms with Gasteiger partial charge >= 0.3 is 0 Å². The number of hydrogen-bond acceptors (Lipinski definition) is 4. The Kier molecular flexibility index (Phi) is 5.92. The molecule has 3 nitrogen and oxygen atoms in total. The molecule has 43 heavy (non-hydrogen) atoms. The zero-order valence-electron chi connectivity index (χ0n) is 23.8. The SMILES string of the molecule is CC1(C)c2ccccc2N(c2ccccn2)c2cc(C(F)c3cccc(-c4ccccn4)c3)c3c(sc4ccccc43)c21. The van der Waals surface area contributed by atoms with Crippen LogP contribution in [0.15, 0.2) is 128 Å². The summed E-state index contributed by atoms with van der Waals surface area (Å²) in [4.78, 5) is 11.5. The number of benzene rings is 4. The molecule has 8 rings (SSSR count). The van der Waals surface area contributed by atoms with Gasteiger partial charge in [0.1, 0.15) is 5.82 Å². The second-order valence-electron chi connectivity index (χ2n) is 11.5. The molecule has 0 saturated heterocycles. The number of aromatic nitrogens is 2. The molecule has 4 heterocycles. The second kappa shape index (κ2) is 9.85. The Morgan fingerprint density at radius 2 is 1.51 bits per heavy atom. The maximum atomic E-state index is 17.2. The Balaban J connectivity index is 1.44. The van der Waals surface area contributed by atoms with Crippen molar-refractivity contribution in [1.29, 1.82) is 0 Å². The zero-order chi connectivity index (χ0) is 29.1. The molecule has 5 heteroatoms. The summed E-state index contributed by atoms with van der Waals surface area (Å²) in [5, 5.41) is 2.08. The van der Waals surface area contributed by atoms with Crippen molar-refractivity contribution in [3.63, 3.8) is 0 Å². The molecule has 4 aromatic carbocycles. The van der Waals surface area contributed by atoms with Crippen molar-refractivity contribution >= 4 is 48.7 Å². The third-order valence-electron chi connectivity index (χ3n) is 8.64. The fourth-order valence-electron chi connectivity index (χ4n) is 6.66. The van der Waals surface area contributed by atoms with E-state index in [9.17, 15) is 0 Å². The van der Waals surface area contributed by atoms with Gasteiger partial charge in [-0.2, -0.15) is 0 Å². The topological polar surface area (TPSA) is 29.0 Å². The van der Waals surface area contributed by atoms with Gasteiger partial charge in [-0.1, -0.05) is 80.6 Å². The van der Waals surface area contributed by atoms with Gasteiger partial charge in [-0.15, -0.1) is 11.3 Å². The highest BCUT2D eigenvalue weighted by Gasteiger charge is 2.40. The second-order valence-corrected chi connectivity index (χ2v) is 12.6. The molecule has 0 spiro atoms. The highest BCUT2D eigenvalue weighted by Crippen LogP contribution is 2.57. The number of rotatable bonds is 4. The molecule has 1 aliphatic rings. The van der Waals surface area contributed by atoms with Gasteiger partial charge in [0.05, 0.1) is 17.1 Å². The van der Waals surface area contributed by atoms with Crippen LogP contribution in [0.4, 0.5) is 21.6 Å². The number of para-hydroxylation sites is 1. The van der Waals surface area contributed by atoms with Gasteiger partial charge in [0, 0.05) is 54.7 Å². The third-order valence-corrected chi connectivity index (χ3v) is 9.82. The van der Waals surface area contributed by atoms with Crippen molar-refractivity contribution in [2.24, 2.45) is 0 Å². The lowest BCUT2D eigenvalue weighted by molar-refractivity contribution is 0.404. The molecule has 1 unspecified atom stereocenters. The Hall–Kier alpha value is -4.87. The molecule has 0 saturated carbocycles. The maximum absolute atomic E-state index is 17.2. The maximum Gasteiger partial charge on any atom is 0.151 e. The van der Waals surface area contributed by atoms with E-state index >= 15 is 4.39 Å². The van der Waals surface area contributed by atoms with Crippen LogP contribution in [0.2, 0.25) is 0 Å². The summed E-state index contributed by atoms with van der Waals surface area (Å²) >= 11 is 1.75. The van der Waals surface area contributed by atoms with Crippen LogP contribution in [-0.2, 0) is 5.41 Å². The zero-order valence-corrected chi connectivity index (χ0v) is 24.6. The van der Waals surface area contributed by atoms with Crippen molar-refractivity contribution in [2.45, 2.75) is 25.4 Å². The molecule has 0 aliphatic carbocycles. The van der Waals surface area contributed by atoms with Crippen molar-refractivity contribution < 1.29 is 4.39 Å². The quantitative estimate of drug-likeness (QED) is 0.208. The summed E-state index contributed by atoms with van der Waals surface area (Å²) in [6.07, 6.45) is 2.24. The minimum atomic E-state index is -1.35. The standard InChI is InChI=1S/C38H28FN3S/c1-38(2)28-15-4-5-17-30(28)42(33-19-8-10-21-41-33)31-23-27(34-26-14-3-6-18-32(26)43-37(34)35(31)38)36(39)25-13-11-12-24(22-25)29-16-7-9-20-40-29/h3-23,36H,1-2H3. The van der Waals surface area contributed by atoms with Crippen LogP contribution in [0.25, 0.3) is 31.4 Å². The lowest BCUT2D eigenvalue weighted by Gasteiger charge is -2.42. The minimum Gasteiger partial charge on any atom is -0.294 e. The summed E-state index contributed by atoms with van der Waals surface area (Å²) in [5.41, 5.74) is 7.14. The van der Waals surface area contributed by atoms with E-state index in [2.05, 4.69) is 72.3 Å². The predicted octanol–water partition coefficient (Wildman–Crippen LogP) is 10.7. The summed E-state index contributed by atoms with van der Waals surface area (Å²) in [7, 11) is 0. The van der Waals surface area contributed by atoms with Crippen LogP contribution in [0.5, 0.6) is 0 Å². The molecule has 0 bridgehead atoms. The Morgan fingerprint density at radius 1 is 0.744 bits per heavy atom. The van der Waals surface area contributed by atoms with E-state index in [0.29, 0.717) is 11.1 Å². The number of pyridine rings is 2. The molecule has 0 N–H and O–H groups in total. The molecule has 0 fully saturated rings. The predicted molar refractivity (Wildman–Crippen MR) is 177 cm³/mol. The van der Waals surface area contributed by atoms with E-state index < -0.39 is 6.17 Å². The molecule has 208 valence electrons. The van der Waals surface area contributed by atoms with Gasteiger partial charge in [-0.25, -0.2) is 9.37 Å². The van der Waals surface area contributed by atoms with Crippen LogP contribution in [0.3, 0.4) is 0 Å². The van der Waals surface area contributed by atoms with E-state index in [1.54, 1.807) is 17.5 Å². The van der Waals surface area contributed by atoms with Crippen LogP contribution < -0.4 is 4.90 Å².